The van der Waals surface area contributed by atoms with Crippen LogP contribution in [0, 0.1) is 6.92 Å². The average molecular weight is 234 g/mol. The van der Waals surface area contributed by atoms with Crippen molar-refractivity contribution in [2.45, 2.75) is 13.5 Å². The van der Waals surface area contributed by atoms with Crippen LogP contribution in [0.25, 0.3) is 11.5 Å². The molecule has 0 spiro atoms. The minimum absolute atomic E-state index is 0.274. The molecule has 2 rings (SSSR count). The number of hydrogen-bond acceptors (Lipinski definition) is 6. The van der Waals surface area contributed by atoms with Crippen LogP contribution in [-0.2, 0) is 11.3 Å². The van der Waals surface area contributed by atoms with Gasteiger partial charge < -0.3 is 15.0 Å². The summed E-state index contributed by atoms with van der Waals surface area (Å²) in [6.07, 6.45) is 1.71. The van der Waals surface area contributed by atoms with Crippen LogP contribution in [0.2, 0.25) is 0 Å². The molecule has 0 aromatic carbocycles. The monoisotopic (exact) mass is 234 g/mol. The standard InChI is InChI=1S/C11H14N4O2/c1-8-2-4-13-9(6-8)11-14-10(17-15-11)7-16-5-3-12/h2,4,6H,3,5,7,12H2,1H3. The second-order valence-corrected chi connectivity index (χ2v) is 3.57. The molecule has 0 aliphatic heterocycles. The Kier molecular flexibility index (Phi) is 3.79. The van der Waals surface area contributed by atoms with Crippen molar-refractivity contribution in [1.29, 1.82) is 0 Å². The molecule has 2 aromatic heterocycles. The summed E-state index contributed by atoms with van der Waals surface area (Å²) >= 11 is 0. The smallest absolute Gasteiger partial charge is 0.253 e. The quantitative estimate of drug-likeness (QED) is 0.774. The van der Waals surface area contributed by atoms with Crippen molar-refractivity contribution in [3.8, 4) is 11.5 Å². The highest BCUT2D eigenvalue weighted by atomic mass is 16.5. The number of pyridine rings is 1. The topological polar surface area (TPSA) is 87.1 Å². The molecule has 2 N–H and O–H groups in total. The maximum atomic E-state index is 5.30. The molecule has 6 heteroatoms. The van der Waals surface area contributed by atoms with Crippen LogP contribution in [0.1, 0.15) is 11.5 Å². The summed E-state index contributed by atoms with van der Waals surface area (Å²) in [5.74, 6) is 0.900. The van der Waals surface area contributed by atoms with E-state index in [9.17, 15) is 0 Å². The van der Waals surface area contributed by atoms with Gasteiger partial charge in [0.15, 0.2) is 0 Å². The van der Waals surface area contributed by atoms with E-state index in [2.05, 4.69) is 15.1 Å². The molecule has 0 amide bonds. The molecule has 0 aliphatic carbocycles. The van der Waals surface area contributed by atoms with Gasteiger partial charge in [-0.15, -0.1) is 0 Å². The molecule has 0 unspecified atom stereocenters. The summed E-state index contributed by atoms with van der Waals surface area (Å²) in [6.45, 7) is 3.20. The molecule has 2 heterocycles. The molecule has 0 saturated carbocycles. The summed E-state index contributed by atoms with van der Waals surface area (Å²) < 4.78 is 10.2. The second-order valence-electron chi connectivity index (χ2n) is 3.57. The number of hydrogen-bond donors (Lipinski definition) is 1. The number of ether oxygens (including phenoxy) is 1. The number of nitrogens with two attached hydrogens (primary N) is 1. The minimum Gasteiger partial charge on any atom is -0.370 e. The number of nitrogens with zero attached hydrogens (tertiary/aromatic N) is 3. The molecule has 17 heavy (non-hydrogen) atoms. The first-order valence-corrected chi connectivity index (χ1v) is 5.33. The lowest BCUT2D eigenvalue weighted by molar-refractivity contribution is 0.104. The first-order chi connectivity index (χ1) is 8.29. The number of aromatic nitrogens is 3. The molecule has 6 nitrogen and oxygen atoms in total. The minimum atomic E-state index is 0.274. The van der Waals surface area contributed by atoms with E-state index in [1.807, 2.05) is 19.1 Å². The second kappa shape index (κ2) is 5.51. The fraction of sp³-hybridized carbons (Fsp3) is 0.364. The maximum Gasteiger partial charge on any atom is 0.253 e. The van der Waals surface area contributed by atoms with Crippen molar-refractivity contribution < 1.29 is 9.26 Å². The van der Waals surface area contributed by atoms with Crippen LogP contribution in [0.5, 0.6) is 0 Å². The molecule has 2 aromatic rings. The van der Waals surface area contributed by atoms with Gasteiger partial charge in [-0.05, 0) is 24.6 Å². The predicted molar refractivity (Wildman–Crippen MR) is 61.0 cm³/mol. The van der Waals surface area contributed by atoms with Gasteiger partial charge in [0.05, 0.1) is 6.61 Å². The van der Waals surface area contributed by atoms with Gasteiger partial charge >= 0.3 is 0 Å². The van der Waals surface area contributed by atoms with Gasteiger partial charge in [0.25, 0.3) is 5.89 Å². The molecule has 0 radical (unpaired) electrons. The van der Waals surface area contributed by atoms with E-state index < -0.39 is 0 Å². The fourth-order valence-electron chi connectivity index (χ4n) is 1.32. The fourth-order valence-corrected chi connectivity index (χ4v) is 1.32. The maximum absolute atomic E-state index is 5.30. The Morgan fingerprint density at radius 1 is 1.47 bits per heavy atom. The Labute approximate surface area is 98.8 Å². The highest BCUT2D eigenvalue weighted by molar-refractivity contribution is 5.48. The van der Waals surface area contributed by atoms with E-state index in [-0.39, 0.29) is 6.61 Å². The Bertz CT molecular complexity index is 484. The SMILES string of the molecule is Cc1ccnc(-c2noc(COCCN)n2)c1. The van der Waals surface area contributed by atoms with Crippen LogP contribution >= 0.6 is 0 Å². The Morgan fingerprint density at radius 2 is 2.35 bits per heavy atom. The largest absolute Gasteiger partial charge is 0.370 e. The van der Waals surface area contributed by atoms with Crippen LogP contribution in [0.3, 0.4) is 0 Å². The first-order valence-electron chi connectivity index (χ1n) is 5.33. The zero-order chi connectivity index (χ0) is 12.1. The zero-order valence-corrected chi connectivity index (χ0v) is 9.59. The average Bonchev–Trinajstić information content (AvgIpc) is 2.78. The van der Waals surface area contributed by atoms with Gasteiger partial charge in [0.2, 0.25) is 5.82 Å². The van der Waals surface area contributed by atoms with Crippen molar-refractivity contribution in [2.75, 3.05) is 13.2 Å². The number of rotatable bonds is 5. The van der Waals surface area contributed by atoms with Crippen molar-refractivity contribution in [3.63, 3.8) is 0 Å². The summed E-state index contributed by atoms with van der Waals surface area (Å²) in [5.41, 5.74) is 7.10. The zero-order valence-electron chi connectivity index (χ0n) is 9.59. The van der Waals surface area contributed by atoms with E-state index in [0.29, 0.717) is 30.6 Å². The molecule has 0 atom stereocenters. The van der Waals surface area contributed by atoms with E-state index in [1.54, 1.807) is 6.20 Å². The molecule has 0 bridgehead atoms. The normalized spacial score (nSPS) is 10.7. The lowest BCUT2D eigenvalue weighted by Crippen LogP contribution is -2.08. The van der Waals surface area contributed by atoms with Gasteiger partial charge in [0, 0.05) is 12.7 Å². The van der Waals surface area contributed by atoms with Gasteiger partial charge in [-0.1, -0.05) is 5.16 Å². The highest BCUT2D eigenvalue weighted by Gasteiger charge is 2.09. The van der Waals surface area contributed by atoms with E-state index in [4.69, 9.17) is 15.0 Å². The summed E-state index contributed by atoms with van der Waals surface area (Å²) in [6, 6.07) is 3.81. The molecule has 0 aliphatic rings. The van der Waals surface area contributed by atoms with Crippen molar-refractivity contribution in [2.24, 2.45) is 5.73 Å². The van der Waals surface area contributed by atoms with E-state index in [0.717, 1.165) is 5.56 Å². The van der Waals surface area contributed by atoms with Crippen LogP contribution < -0.4 is 5.73 Å². The third-order valence-electron chi connectivity index (χ3n) is 2.10. The first kappa shape index (κ1) is 11.7. The van der Waals surface area contributed by atoms with Crippen LogP contribution in [0.4, 0.5) is 0 Å². The highest BCUT2D eigenvalue weighted by Crippen LogP contribution is 2.14. The third-order valence-corrected chi connectivity index (χ3v) is 2.10. The summed E-state index contributed by atoms with van der Waals surface area (Å²) in [7, 11) is 0. The Morgan fingerprint density at radius 3 is 3.12 bits per heavy atom. The molecule has 0 fully saturated rings. The molecular formula is C11H14N4O2. The third kappa shape index (κ3) is 3.08. The van der Waals surface area contributed by atoms with Crippen LogP contribution in [-0.4, -0.2) is 28.3 Å². The van der Waals surface area contributed by atoms with Crippen LogP contribution in [0.15, 0.2) is 22.9 Å². The van der Waals surface area contributed by atoms with Crippen molar-refractivity contribution >= 4 is 0 Å². The lowest BCUT2D eigenvalue weighted by Gasteiger charge is -1.96. The van der Waals surface area contributed by atoms with Gasteiger partial charge in [-0.2, -0.15) is 4.98 Å². The van der Waals surface area contributed by atoms with Gasteiger partial charge in [0.1, 0.15) is 12.3 Å². The molecule has 0 saturated heterocycles. The molecular weight excluding hydrogens is 220 g/mol. The van der Waals surface area contributed by atoms with E-state index in [1.165, 1.54) is 0 Å². The number of aryl methyl sites for hydroxylation is 1. The van der Waals surface area contributed by atoms with Crippen molar-refractivity contribution in [1.82, 2.24) is 15.1 Å². The Balaban J connectivity index is 2.07. The lowest BCUT2D eigenvalue weighted by atomic mass is 10.2. The van der Waals surface area contributed by atoms with Crippen molar-refractivity contribution in [3.05, 3.63) is 29.8 Å². The summed E-state index contributed by atoms with van der Waals surface area (Å²) in [5, 5.41) is 3.85. The summed E-state index contributed by atoms with van der Waals surface area (Å²) in [4.78, 5) is 8.36. The molecule has 90 valence electrons. The Hall–Kier alpha value is -1.79. The van der Waals surface area contributed by atoms with Gasteiger partial charge in [-0.3, -0.25) is 4.98 Å². The predicted octanol–water partition coefficient (Wildman–Crippen LogP) is 0.915. The van der Waals surface area contributed by atoms with E-state index >= 15 is 0 Å². The van der Waals surface area contributed by atoms with Gasteiger partial charge in [-0.25, -0.2) is 0 Å².